The number of methoxy groups -OCH3 is 1. The minimum absolute atomic E-state index is 0.0200. The highest BCUT2D eigenvalue weighted by molar-refractivity contribution is 7.90. The first-order chi connectivity index (χ1) is 30.6. The fraction of sp³-hybridized carbons (Fsp3) is 0.426. The molecule has 4 heterocycles. The number of aryl methyl sites for hydroxylation is 1. The van der Waals surface area contributed by atoms with Crippen molar-refractivity contribution in [1.29, 1.82) is 0 Å². The zero-order valence-electron chi connectivity index (χ0n) is 36.3. The van der Waals surface area contributed by atoms with Crippen LogP contribution in [0.5, 0.6) is 11.5 Å². The molecule has 0 spiro atoms. The van der Waals surface area contributed by atoms with Crippen LogP contribution in [0, 0.1) is 17.8 Å². The van der Waals surface area contributed by atoms with Crippen LogP contribution in [0.15, 0.2) is 48.5 Å². The van der Waals surface area contributed by atoms with E-state index in [1.807, 2.05) is 11.0 Å². The molecule has 0 saturated carbocycles. The molecule has 0 aromatic heterocycles. The van der Waals surface area contributed by atoms with E-state index in [0.717, 1.165) is 22.3 Å². The van der Waals surface area contributed by atoms with Crippen LogP contribution in [0.25, 0.3) is 0 Å². The summed E-state index contributed by atoms with van der Waals surface area (Å²) in [5.74, 6) is 3.90. The van der Waals surface area contributed by atoms with Gasteiger partial charge in [0.25, 0.3) is 17.7 Å². The van der Waals surface area contributed by atoms with Crippen molar-refractivity contribution in [3.8, 4) is 23.3 Å². The maximum atomic E-state index is 14.2. The summed E-state index contributed by atoms with van der Waals surface area (Å²) >= 11 is 0. The molecule has 336 valence electrons. The van der Waals surface area contributed by atoms with Crippen LogP contribution < -0.4 is 20.1 Å². The van der Waals surface area contributed by atoms with Gasteiger partial charge in [0.05, 0.1) is 42.3 Å². The van der Waals surface area contributed by atoms with E-state index in [-0.39, 0.29) is 66.4 Å². The van der Waals surface area contributed by atoms with E-state index in [1.165, 1.54) is 18.9 Å². The van der Waals surface area contributed by atoms with Gasteiger partial charge >= 0.3 is 0 Å². The smallest absolute Gasteiger partial charge is 0.264 e. The second-order valence-electron chi connectivity index (χ2n) is 16.5. The first-order valence-corrected chi connectivity index (χ1v) is 23.5. The van der Waals surface area contributed by atoms with Crippen molar-refractivity contribution in [3.63, 3.8) is 0 Å². The molecule has 0 radical (unpaired) electrons. The van der Waals surface area contributed by atoms with Crippen molar-refractivity contribution in [3.05, 3.63) is 87.5 Å². The number of carbonyl (C=O) groups excluding carboxylic acids is 7. The number of unbranched alkanes of at least 4 members (excludes halogenated alkanes) is 1. The molecule has 1 unspecified atom stereocenters. The van der Waals surface area contributed by atoms with E-state index in [2.05, 4.69) is 22.5 Å². The Hall–Kier alpha value is -6.54. The second kappa shape index (κ2) is 19.1. The zero-order valence-corrected chi connectivity index (χ0v) is 37.1. The largest absolute Gasteiger partial charge is 0.493 e. The lowest BCUT2D eigenvalue weighted by Gasteiger charge is -2.30. The molecule has 64 heavy (non-hydrogen) atoms. The molecule has 2 saturated heterocycles. The van der Waals surface area contributed by atoms with E-state index in [1.54, 1.807) is 49.4 Å². The van der Waals surface area contributed by atoms with Gasteiger partial charge in [0.1, 0.15) is 15.9 Å². The predicted molar refractivity (Wildman–Crippen MR) is 234 cm³/mol. The number of carbonyl (C=O) groups is 7. The number of hydrogen-bond acceptors (Lipinski definition) is 11. The topological polar surface area (TPSA) is 206 Å². The molecule has 3 aromatic carbocycles. The first kappa shape index (κ1) is 45.5. The van der Waals surface area contributed by atoms with Gasteiger partial charge in [-0.05, 0) is 98.5 Å². The van der Waals surface area contributed by atoms with Gasteiger partial charge in [-0.1, -0.05) is 24.0 Å². The Bertz CT molecular complexity index is 2610. The number of amides is 7. The fourth-order valence-corrected chi connectivity index (χ4v) is 9.77. The van der Waals surface area contributed by atoms with Gasteiger partial charge < -0.3 is 24.6 Å². The molecular weight excluding hydrogens is 843 g/mol. The predicted octanol–water partition coefficient (Wildman–Crippen LogP) is 4.20. The summed E-state index contributed by atoms with van der Waals surface area (Å²) in [6.07, 6.45) is 4.74. The average molecular weight is 894 g/mol. The number of ether oxygens (including phenoxy) is 2. The van der Waals surface area contributed by atoms with Crippen molar-refractivity contribution in [2.24, 2.45) is 5.92 Å². The highest BCUT2D eigenvalue weighted by atomic mass is 32.2. The van der Waals surface area contributed by atoms with Crippen molar-refractivity contribution < 1.29 is 51.5 Å². The first-order valence-electron chi connectivity index (χ1n) is 21.4. The minimum atomic E-state index is -3.73. The average Bonchev–Trinajstić information content (AvgIpc) is 3.72. The molecule has 16 nitrogen and oxygen atoms in total. The molecule has 4 aliphatic rings. The SMILES string of the molecule is CCOc1cc([C@@H](CS(C)(=O)=O)N2C(=O)c3cc(CCCCC(=O)N4CCC(C#Cc5cccc6c5CN(C5CCC(=O)NC5=O)C6=O)CC4)cc(NC(C)=O)c3C2=O)ccc1OC. The van der Waals surface area contributed by atoms with E-state index in [0.29, 0.717) is 79.8 Å². The lowest BCUT2D eigenvalue weighted by molar-refractivity contribution is -0.137. The fourth-order valence-electron chi connectivity index (χ4n) is 8.85. The second-order valence-corrected chi connectivity index (χ2v) is 18.7. The molecule has 0 bridgehead atoms. The minimum Gasteiger partial charge on any atom is -0.493 e. The third-order valence-corrected chi connectivity index (χ3v) is 12.9. The summed E-state index contributed by atoms with van der Waals surface area (Å²) in [5, 5.41) is 5.01. The molecule has 7 rings (SSSR count). The van der Waals surface area contributed by atoms with Crippen molar-refractivity contribution in [2.45, 2.75) is 83.8 Å². The highest BCUT2D eigenvalue weighted by Crippen LogP contribution is 2.40. The lowest BCUT2D eigenvalue weighted by atomic mass is 9.95. The molecule has 2 fully saturated rings. The van der Waals surface area contributed by atoms with Crippen LogP contribution >= 0.6 is 0 Å². The van der Waals surface area contributed by atoms with Crippen LogP contribution in [0.3, 0.4) is 0 Å². The van der Waals surface area contributed by atoms with Gasteiger partial charge in [0.2, 0.25) is 23.6 Å². The highest BCUT2D eigenvalue weighted by Gasteiger charge is 2.44. The maximum absolute atomic E-state index is 14.2. The number of imide groups is 2. The van der Waals surface area contributed by atoms with Gasteiger partial charge in [-0.3, -0.25) is 43.8 Å². The number of nitrogens with zero attached hydrogens (tertiary/aromatic N) is 3. The van der Waals surface area contributed by atoms with Gasteiger partial charge in [0.15, 0.2) is 11.5 Å². The summed E-state index contributed by atoms with van der Waals surface area (Å²) in [4.78, 5) is 95.5. The third-order valence-electron chi connectivity index (χ3n) is 12.0. The van der Waals surface area contributed by atoms with Gasteiger partial charge in [-0.15, -0.1) is 0 Å². The maximum Gasteiger partial charge on any atom is 0.264 e. The molecule has 0 aliphatic carbocycles. The summed E-state index contributed by atoms with van der Waals surface area (Å²) in [6.45, 7) is 4.70. The number of hydrogen-bond donors (Lipinski definition) is 2. The Morgan fingerprint density at radius 2 is 1.70 bits per heavy atom. The molecule has 3 aromatic rings. The normalized spacial score (nSPS) is 18.0. The number of benzene rings is 3. The number of nitrogens with one attached hydrogen (secondary N) is 2. The van der Waals surface area contributed by atoms with Crippen molar-refractivity contribution in [2.75, 3.05) is 44.1 Å². The van der Waals surface area contributed by atoms with Crippen LogP contribution in [-0.4, -0.2) is 109 Å². The molecule has 4 aliphatic heterocycles. The summed E-state index contributed by atoms with van der Waals surface area (Å²) in [7, 11) is -2.27. The Morgan fingerprint density at radius 1 is 0.938 bits per heavy atom. The van der Waals surface area contributed by atoms with Crippen LogP contribution in [0.1, 0.15) is 118 Å². The molecule has 7 amide bonds. The van der Waals surface area contributed by atoms with Crippen LogP contribution in [0.4, 0.5) is 5.69 Å². The van der Waals surface area contributed by atoms with Crippen molar-refractivity contribution in [1.82, 2.24) is 20.0 Å². The van der Waals surface area contributed by atoms with Gasteiger partial charge in [-0.25, -0.2) is 8.42 Å². The third kappa shape index (κ3) is 9.81. The Labute approximate surface area is 371 Å². The van der Waals surface area contributed by atoms with Crippen LogP contribution in [0.2, 0.25) is 0 Å². The number of piperidine rings is 2. The van der Waals surface area contributed by atoms with E-state index < -0.39 is 51.3 Å². The lowest BCUT2D eigenvalue weighted by Crippen LogP contribution is -2.52. The van der Waals surface area contributed by atoms with Gasteiger partial charge in [0, 0.05) is 62.7 Å². The van der Waals surface area contributed by atoms with Crippen molar-refractivity contribution >= 4 is 56.9 Å². The zero-order chi connectivity index (χ0) is 45.9. The van der Waals surface area contributed by atoms with E-state index in [9.17, 15) is 42.0 Å². The van der Waals surface area contributed by atoms with Crippen LogP contribution in [-0.2, 0) is 42.0 Å². The summed E-state index contributed by atoms with van der Waals surface area (Å²) in [5.41, 5.74) is 3.18. The van der Waals surface area contributed by atoms with E-state index in [4.69, 9.17) is 9.47 Å². The molecular formula is C47H51N5O11S. The molecule has 2 N–H and O–H groups in total. The summed E-state index contributed by atoms with van der Waals surface area (Å²) < 4.78 is 36.5. The number of likely N-dealkylation sites (tertiary alicyclic amines) is 1. The van der Waals surface area contributed by atoms with E-state index >= 15 is 0 Å². The Balaban J connectivity index is 0.961. The molecule has 2 atom stereocenters. The monoisotopic (exact) mass is 893 g/mol. The summed E-state index contributed by atoms with van der Waals surface area (Å²) in [6, 6.07) is 11.4. The standard InChI is InChI=1S/C47H51N5O11S/c1-5-63-40-25-32(15-17-39(40)62-3)38(27-64(4,60)61)52-46(58)34-23-30(24-36(48-28(2)53)43(34)47(52)59)9-6-7-12-42(55)50-21-19-29(20-22-50)13-14-31-10-8-11-33-35(31)26-51(45(33)57)37-16-18-41(54)49-44(37)56/h8,10-11,15,17,23-25,29,37-38H,5-7,9,12,16,18-22,26-27H2,1-4H3,(H,48,53)(H,49,54,56)/t37?,38-/m1/s1. The number of fused-ring (bicyclic) bond motifs is 2. The Kier molecular flexibility index (Phi) is 13.5. The Morgan fingerprint density at radius 3 is 2.39 bits per heavy atom. The van der Waals surface area contributed by atoms with Gasteiger partial charge in [-0.2, -0.15) is 0 Å². The number of sulfone groups is 1. The molecule has 17 heteroatoms. The number of rotatable bonds is 14. The quantitative estimate of drug-likeness (QED) is 0.133. The number of anilines is 1.